The van der Waals surface area contributed by atoms with Gasteiger partial charge in [0.25, 0.3) is 5.56 Å². The molecule has 0 amide bonds. The van der Waals surface area contributed by atoms with Crippen molar-refractivity contribution in [2.45, 2.75) is 24.9 Å². The Morgan fingerprint density at radius 2 is 1.88 bits per heavy atom. The van der Waals surface area contributed by atoms with Crippen LogP contribution >= 0.6 is 36.1 Å². The third-order valence-corrected chi connectivity index (χ3v) is 7.84. The Balaban J connectivity index is 2.18. The number of ether oxygens (including phenoxy) is 2. The van der Waals surface area contributed by atoms with Crippen LogP contribution in [0.4, 0.5) is 0 Å². The largest absolute Gasteiger partial charge is 0.490 e. The molecule has 2 rings (SSSR count). The minimum absolute atomic E-state index is 0.0271. The molecule has 1 aliphatic heterocycles. The number of hydrogen-bond acceptors (Lipinski definition) is 12. The quantitative estimate of drug-likeness (QED) is 0.0754. The molecule has 0 radical (unpaired) electrons. The van der Waals surface area contributed by atoms with Gasteiger partial charge in [-0.3, -0.25) is 18.9 Å². The molecule has 3 unspecified atom stereocenters. The Morgan fingerprint density at radius 3 is 2.47 bits per heavy atom. The lowest BCUT2D eigenvalue weighted by Crippen LogP contribution is -2.33. The molecule has 1 aromatic heterocycles. The number of hydrogen-bond donors (Lipinski definition) is 7. The summed E-state index contributed by atoms with van der Waals surface area (Å²) in [5.74, 6) is 4.81. The Kier molecular flexibility index (Phi) is 10.1. The van der Waals surface area contributed by atoms with E-state index in [2.05, 4.69) is 42.6 Å². The molecule has 0 saturated carbocycles. The second kappa shape index (κ2) is 11.7. The highest BCUT2D eigenvalue weighted by atomic mass is 32.1. The van der Waals surface area contributed by atoms with Crippen LogP contribution in [0, 0.1) is 11.8 Å². The predicted octanol–water partition coefficient (Wildman–Crippen LogP) is -1.25. The average molecular weight is 567 g/mol. The zero-order valence-corrected chi connectivity index (χ0v) is 20.4. The van der Waals surface area contributed by atoms with E-state index >= 15 is 0 Å². The lowest BCUT2D eigenvalue weighted by molar-refractivity contribution is -0.0543. The van der Waals surface area contributed by atoms with Gasteiger partial charge in [0.05, 0.1) is 25.2 Å². The van der Waals surface area contributed by atoms with E-state index in [-0.39, 0.29) is 24.5 Å². The summed E-state index contributed by atoms with van der Waals surface area (Å²) in [4.78, 5) is 62.1. The van der Waals surface area contributed by atoms with Crippen LogP contribution in [0.2, 0.25) is 0 Å². The molecular weight excluding hydrogens is 547 g/mol. The van der Waals surface area contributed by atoms with Gasteiger partial charge in [0.2, 0.25) is 0 Å². The zero-order chi connectivity index (χ0) is 25.7. The number of nitrogens with zero attached hydrogens (tertiary/aromatic N) is 1. The lowest BCUT2D eigenvalue weighted by Gasteiger charge is -2.20. The number of thiol groups is 1. The molecule has 1 saturated heterocycles. The second-order valence-corrected chi connectivity index (χ2v) is 11.0. The fraction of sp³-hybridized carbons (Fsp3) is 0.538. The summed E-state index contributed by atoms with van der Waals surface area (Å²) < 4.78 is 57.8. The molecule has 5 atom stereocenters. The van der Waals surface area contributed by atoms with E-state index in [1.807, 2.05) is 0 Å². The molecule has 34 heavy (non-hydrogen) atoms. The maximum Gasteiger partial charge on any atom is 0.490 e. The molecule has 1 fully saturated rings. The normalized spacial score (nSPS) is 24.1. The fourth-order valence-corrected chi connectivity index (χ4v) is 5.92. The van der Waals surface area contributed by atoms with Gasteiger partial charge in [0.1, 0.15) is 17.9 Å². The van der Waals surface area contributed by atoms with Crippen molar-refractivity contribution in [2.24, 2.45) is 5.73 Å². The molecule has 0 aliphatic carbocycles. The van der Waals surface area contributed by atoms with Gasteiger partial charge in [-0.05, 0) is 0 Å². The first kappa shape index (κ1) is 29.1. The minimum Gasteiger partial charge on any atom is -0.365 e. The summed E-state index contributed by atoms with van der Waals surface area (Å²) in [6.07, 6.45) is -2.02. The van der Waals surface area contributed by atoms with Gasteiger partial charge in [0.15, 0.2) is 0 Å². The summed E-state index contributed by atoms with van der Waals surface area (Å²) in [5, 5.41) is 0. The summed E-state index contributed by atoms with van der Waals surface area (Å²) in [5.41, 5.74) is 3.57. The third kappa shape index (κ3) is 8.83. The van der Waals surface area contributed by atoms with E-state index in [0.717, 1.165) is 10.8 Å². The molecule has 0 spiro atoms. The maximum absolute atomic E-state index is 12.2. The van der Waals surface area contributed by atoms with Crippen LogP contribution in [-0.4, -0.2) is 60.4 Å². The van der Waals surface area contributed by atoms with Crippen LogP contribution in [0.15, 0.2) is 15.8 Å². The van der Waals surface area contributed by atoms with E-state index in [1.54, 1.807) is 0 Å². The molecule has 21 heteroatoms. The molecule has 0 aromatic carbocycles. The third-order valence-electron chi connectivity index (χ3n) is 3.89. The van der Waals surface area contributed by atoms with Crippen molar-refractivity contribution in [2.75, 3.05) is 19.1 Å². The molecule has 192 valence electrons. The summed E-state index contributed by atoms with van der Waals surface area (Å²) in [6, 6.07) is 0. The highest BCUT2D eigenvalue weighted by Crippen LogP contribution is 2.66. The molecule has 2 heterocycles. The lowest BCUT2D eigenvalue weighted by atomic mass is 10.2. The van der Waals surface area contributed by atoms with Gasteiger partial charge in [-0.1, -0.05) is 11.8 Å². The molecule has 0 bridgehead atoms. The summed E-state index contributed by atoms with van der Waals surface area (Å²) in [6.45, 7) is -0.852. The number of H-pyrrole nitrogens is 1. The minimum atomic E-state index is -5.70. The fourth-order valence-electron chi connectivity index (χ4n) is 2.70. The Hall–Kier alpha value is -1.12. The van der Waals surface area contributed by atoms with E-state index in [4.69, 9.17) is 25.0 Å². The number of phosphoric ester groups is 1. The monoisotopic (exact) mass is 567 g/mol. The Bertz CT molecular complexity index is 1200. The molecule has 1 aliphatic rings. The van der Waals surface area contributed by atoms with E-state index < -0.39 is 59.8 Å². The van der Waals surface area contributed by atoms with Crippen LogP contribution < -0.4 is 17.0 Å². The standard InChI is InChI=1S/C13H20N3O14P3S/c14-3-1-2-8-5-16(13(18)15-12(8)17)11-4-9(26-7-34)10(28-11)6-27-32(22,23)30-33(24,25)29-31(19,20)21/h5,9-11,34H,3-4,6-7,14H2,(H,22,23)(H,24,25)(H,15,17,18)(H2,19,20,21)/t9?,10-,11-/m1/s1. The number of rotatable bonds is 10. The first-order valence-corrected chi connectivity index (χ1v) is 14.0. The summed E-state index contributed by atoms with van der Waals surface area (Å²) >= 11 is 3.91. The highest BCUT2D eigenvalue weighted by molar-refractivity contribution is 7.80. The number of nitrogens with one attached hydrogen (secondary N) is 1. The molecule has 17 nitrogen and oxygen atoms in total. The SMILES string of the molecule is NCC#Cc1cn([C@H]2CC(OCS)[C@@H](COP(=O)(O)OP(=O)(O)OP(=O)(O)O)O2)c(=O)[nH]c1=O. The second-order valence-electron chi connectivity index (χ2n) is 6.30. The van der Waals surface area contributed by atoms with Crippen molar-refractivity contribution in [1.82, 2.24) is 9.55 Å². The van der Waals surface area contributed by atoms with E-state index in [1.165, 1.54) is 0 Å². The Morgan fingerprint density at radius 1 is 1.21 bits per heavy atom. The smallest absolute Gasteiger partial charge is 0.365 e. The number of aromatic amines is 1. The van der Waals surface area contributed by atoms with Gasteiger partial charge in [-0.15, -0.1) is 0 Å². The summed E-state index contributed by atoms with van der Waals surface area (Å²) in [7, 11) is -16.7. The van der Waals surface area contributed by atoms with E-state index in [9.17, 15) is 33.1 Å². The number of phosphoric acid groups is 3. The van der Waals surface area contributed by atoms with Crippen LogP contribution in [-0.2, 0) is 36.3 Å². The van der Waals surface area contributed by atoms with Gasteiger partial charge in [0, 0.05) is 12.6 Å². The van der Waals surface area contributed by atoms with Crippen LogP contribution in [0.1, 0.15) is 18.2 Å². The number of aromatic nitrogens is 2. The van der Waals surface area contributed by atoms with E-state index in [0.29, 0.717) is 0 Å². The van der Waals surface area contributed by atoms with Gasteiger partial charge in [-0.2, -0.15) is 21.3 Å². The first-order valence-electron chi connectivity index (χ1n) is 8.87. The highest BCUT2D eigenvalue weighted by Gasteiger charge is 2.43. The number of nitrogens with two attached hydrogens (primary N) is 1. The van der Waals surface area contributed by atoms with Gasteiger partial charge in [-0.25, -0.2) is 18.5 Å². The van der Waals surface area contributed by atoms with Crippen molar-refractivity contribution in [1.29, 1.82) is 0 Å². The topological polar surface area (TPSA) is 259 Å². The van der Waals surface area contributed by atoms with Crippen molar-refractivity contribution in [3.8, 4) is 11.8 Å². The zero-order valence-electron chi connectivity index (χ0n) is 16.8. The first-order chi connectivity index (χ1) is 15.7. The molecule has 1 aromatic rings. The van der Waals surface area contributed by atoms with Crippen molar-refractivity contribution >= 4 is 36.1 Å². The van der Waals surface area contributed by atoms with Crippen molar-refractivity contribution in [3.63, 3.8) is 0 Å². The molecular formula is C13H20N3O14P3S. The Labute approximate surface area is 196 Å². The van der Waals surface area contributed by atoms with Crippen LogP contribution in [0.5, 0.6) is 0 Å². The van der Waals surface area contributed by atoms with Crippen molar-refractivity contribution in [3.05, 3.63) is 32.6 Å². The predicted molar refractivity (Wildman–Crippen MR) is 114 cm³/mol. The average Bonchev–Trinajstić information content (AvgIpc) is 3.06. The van der Waals surface area contributed by atoms with Gasteiger partial charge >= 0.3 is 29.2 Å². The van der Waals surface area contributed by atoms with Crippen LogP contribution in [0.25, 0.3) is 0 Å². The van der Waals surface area contributed by atoms with Crippen molar-refractivity contribution < 1.29 is 55.9 Å². The van der Waals surface area contributed by atoms with Crippen LogP contribution in [0.3, 0.4) is 0 Å². The maximum atomic E-state index is 12.2. The molecule has 7 N–H and O–H groups in total. The van der Waals surface area contributed by atoms with Gasteiger partial charge < -0.3 is 34.8 Å².